The Balaban J connectivity index is 2.39. The van der Waals surface area contributed by atoms with Gasteiger partial charge in [-0.05, 0) is 41.8 Å². The normalized spacial score (nSPS) is 11.3. The van der Waals surface area contributed by atoms with Crippen LogP contribution in [-0.2, 0) is 6.42 Å². The monoisotopic (exact) mass is 380 g/mol. The van der Waals surface area contributed by atoms with Crippen molar-refractivity contribution in [1.82, 2.24) is 0 Å². The molecule has 0 amide bonds. The van der Waals surface area contributed by atoms with Crippen molar-refractivity contribution in [3.8, 4) is 0 Å². The summed E-state index contributed by atoms with van der Waals surface area (Å²) in [5.74, 6) is -2.35. The van der Waals surface area contributed by atoms with Gasteiger partial charge in [-0.15, -0.1) is 10.2 Å². The highest BCUT2D eigenvalue weighted by atomic mass is 35.5. The third-order valence-electron chi connectivity index (χ3n) is 3.28. The summed E-state index contributed by atoms with van der Waals surface area (Å²) < 4.78 is 6.12. The molecule has 25 heavy (non-hydrogen) atoms. The molecule has 8 nitrogen and oxygen atoms in total. The Morgan fingerprint density at radius 2 is 1.20 bits per heavy atom. The highest BCUT2D eigenvalue weighted by Crippen LogP contribution is 2.26. The Kier molecular flexibility index (Phi) is 6.15. The summed E-state index contributed by atoms with van der Waals surface area (Å²) >= 11 is 10.3. The van der Waals surface area contributed by atoms with Gasteiger partial charge < -0.3 is 10.2 Å². The zero-order valence-electron chi connectivity index (χ0n) is 12.4. The van der Waals surface area contributed by atoms with Crippen LogP contribution in [0.1, 0.15) is 31.8 Å². The zero-order valence-corrected chi connectivity index (χ0v) is 13.9. The number of nitrogens with zero attached hydrogens (tertiary/aromatic N) is 4. The maximum atomic E-state index is 11.3. The van der Waals surface area contributed by atoms with Crippen molar-refractivity contribution in [2.75, 3.05) is 0 Å². The van der Waals surface area contributed by atoms with Crippen molar-refractivity contribution in [1.29, 1.82) is 0 Å². The minimum absolute atomic E-state index is 0.0621. The van der Waals surface area contributed by atoms with Crippen molar-refractivity contribution < 1.29 is 19.8 Å². The molecule has 0 aliphatic carbocycles. The van der Waals surface area contributed by atoms with Crippen LogP contribution < -0.4 is 0 Å². The predicted octanol–water partition coefficient (Wildman–Crippen LogP) is 5.15. The first-order chi connectivity index (χ1) is 12.0. The van der Waals surface area contributed by atoms with E-state index in [2.05, 4.69) is 19.5 Å². The number of halogens is 2. The molecule has 128 valence electrons. The van der Waals surface area contributed by atoms with Gasteiger partial charge in [0.15, 0.2) is 0 Å². The summed E-state index contributed by atoms with van der Waals surface area (Å²) in [5.41, 5.74) is 1.41. The Morgan fingerprint density at radius 1 is 0.800 bits per heavy atom. The molecule has 0 bridgehead atoms. The minimum atomic E-state index is -1.18. The molecule has 0 aromatic heterocycles. The highest BCUT2D eigenvalue weighted by molar-refractivity contribution is 6.14. The lowest BCUT2D eigenvalue weighted by Crippen LogP contribution is -2.01. The summed E-state index contributed by atoms with van der Waals surface area (Å²) in [4.78, 5) is 22.6. The molecule has 0 unspecified atom stereocenters. The molecule has 0 saturated carbocycles. The molecule has 0 aliphatic heterocycles. The fourth-order valence-corrected chi connectivity index (χ4v) is 2.38. The summed E-state index contributed by atoms with van der Waals surface area (Å²) in [6, 6.07) is 9.10. The van der Waals surface area contributed by atoms with Crippen LogP contribution in [0.15, 0.2) is 55.9 Å². The lowest BCUT2D eigenvalue weighted by atomic mass is 9.99. The van der Waals surface area contributed by atoms with E-state index >= 15 is 0 Å². The van der Waals surface area contributed by atoms with Gasteiger partial charge in [0.05, 0.1) is 34.7 Å². The molecule has 2 rings (SSSR count). The zero-order chi connectivity index (χ0) is 18.4. The molecule has 10 heteroatoms. The van der Waals surface area contributed by atoms with E-state index in [1.165, 1.54) is 24.3 Å². The molecule has 0 aliphatic rings. The summed E-state index contributed by atoms with van der Waals surface area (Å²) in [6.45, 7) is 0. The molecule has 0 fully saturated rings. The average Bonchev–Trinajstić information content (AvgIpc) is 2.57. The van der Waals surface area contributed by atoms with Gasteiger partial charge in [0, 0.05) is 0 Å². The second-order valence-corrected chi connectivity index (χ2v) is 5.14. The van der Waals surface area contributed by atoms with Gasteiger partial charge in [0.2, 0.25) is 0 Å². The number of carbonyl (C=O) groups is 2. The molecule has 0 spiro atoms. The first-order valence-corrected chi connectivity index (χ1v) is 7.40. The number of hydrogen-bond acceptors (Lipinski definition) is 6. The molecule has 0 atom stereocenters. The Bertz CT molecular complexity index is 812. The molecular weight excluding hydrogens is 371 g/mol. The summed E-state index contributed by atoms with van der Waals surface area (Å²) in [7, 11) is 0. The van der Waals surface area contributed by atoms with Gasteiger partial charge in [0.25, 0.3) is 0 Å². The van der Waals surface area contributed by atoms with Crippen LogP contribution in [0.25, 0.3) is 0 Å². The Morgan fingerprint density at radius 3 is 1.52 bits per heavy atom. The van der Waals surface area contributed by atoms with Gasteiger partial charge >= 0.3 is 11.9 Å². The van der Waals surface area contributed by atoms with Crippen LogP contribution in [0.5, 0.6) is 0 Å². The quantitative estimate of drug-likeness (QED) is 0.672. The highest BCUT2D eigenvalue weighted by Gasteiger charge is 2.14. The van der Waals surface area contributed by atoms with Gasteiger partial charge in [0.1, 0.15) is 11.4 Å². The third-order valence-corrected chi connectivity index (χ3v) is 3.43. The van der Waals surface area contributed by atoms with Crippen LogP contribution in [0, 0.1) is 0 Å². The van der Waals surface area contributed by atoms with Gasteiger partial charge in [-0.3, -0.25) is 0 Å². The van der Waals surface area contributed by atoms with Crippen LogP contribution in [0.4, 0.5) is 11.4 Å². The molecular formula is C15H10Cl2N4O4. The molecule has 2 aromatic carbocycles. The van der Waals surface area contributed by atoms with E-state index in [0.717, 1.165) is 0 Å². The van der Waals surface area contributed by atoms with Crippen LogP contribution in [0.2, 0.25) is 0 Å². The van der Waals surface area contributed by atoms with E-state index in [0.29, 0.717) is 17.5 Å². The van der Waals surface area contributed by atoms with Gasteiger partial charge in [-0.2, -0.15) is 0 Å². The first kappa shape index (κ1) is 18.5. The Hall–Kier alpha value is -2.84. The van der Waals surface area contributed by atoms with Crippen molar-refractivity contribution in [2.24, 2.45) is 19.5 Å². The Labute approximate surface area is 151 Å². The maximum absolute atomic E-state index is 11.3. The predicted molar refractivity (Wildman–Crippen MR) is 90.3 cm³/mol. The number of hydrogen-bond donors (Lipinski definition) is 2. The minimum Gasteiger partial charge on any atom is -0.478 e. The summed E-state index contributed by atoms with van der Waals surface area (Å²) in [6.07, 6.45) is 0.303. The number of carboxylic acids is 2. The standard InChI is InChI=1S/C15H10Cl2N4O4/c16-20-18-12-3-1-8(6-10(12)14(22)23)5-9-2-4-13(19-21-17)11(7-9)15(24)25/h1-4,6-7H,5H2,(H,22,23)(H,24,25). The lowest BCUT2D eigenvalue weighted by Gasteiger charge is -2.07. The van der Waals surface area contributed by atoms with Crippen molar-refractivity contribution in [3.63, 3.8) is 0 Å². The third kappa shape index (κ3) is 4.59. The van der Waals surface area contributed by atoms with Gasteiger partial charge in [-0.1, -0.05) is 21.4 Å². The maximum Gasteiger partial charge on any atom is 0.337 e. The number of rotatable bonds is 6. The molecule has 0 heterocycles. The smallest absolute Gasteiger partial charge is 0.337 e. The van der Waals surface area contributed by atoms with Crippen LogP contribution in [0.3, 0.4) is 0 Å². The second-order valence-electron chi connectivity index (χ2n) is 4.84. The van der Waals surface area contributed by atoms with Crippen molar-refractivity contribution in [3.05, 3.63) is 58.7 Å². The van der Waals surface area contributed by atoms with E-state index in [4.69, 9.17) is 23.6 Å². The number of benzene rings is 2. The van der Waals surface area contributed by atoms with Crippen LogP contribution in [-0.4, -0.2) is 22.2 Å². The largest absolute Gasteiger partial charge is 0.478 e. The first-order valence-electron chi connectivity index (χ1n) is 6.72. The number of carboxylic acid groups (broad SMARTS) is 2. The van der Waals surface area contributed by atoms with E-state index < -0.39 is 11.9 Å². The lowest BCUT2D eigenvalue weighted by molar-refractivity contribution is 0.0687. The van der Waals surface area contributed by atoms with Crippen molar-refractivity contribution in [2.45, 2.75) is 6.42 Å². The van der Waals surface area contributed by atoms with Gasteiger partial charge in [-0.25, -0.2) is 9.59 Å². The molecule has 0 saturated heterocycles. The molecule has 2 aromatic rings. The average molecular weight is 381 g/mol. The summed E-state index contributed by atoms with van der Waals surface area (Å²) in [5, 5.41) is 25.6. The van der Waals surface area contributed by atoms with Crippen molar-refractivity contribution >= 4 is 46.9 Å². The molecule has 0 radical (unpaired) electrons. The van der Waals surface area contributed by atoms with E-state index in [1.54, 1.807) is 12.1 Å². The molecule has 2 N–H and O–H groups in total. The van der Waals surface area contributed by atoms with E-state index in [9.17, 15) is 19.8 Å². The topological polar surface area (TPSA) is 124 Å². The van der Waals surface area contributed by atoms with E-state index in [-0.39, 0.29) is 22.5 Å². The van der Waals surface area contributed by atoms with E-state index in [1.807, 2.05) is 0 Å². The second kappa shape index (κ2) is 8.32. The van der Waals surface area contributed by atoms with Crippen LogP contribution >= 0.6 is 23.6 Å². The SMILES string of the molecule is O=C(O)c1cc(Cc2ccc(N=NCl)c(C(=O)O)c2)ccc1N=NCl. The number of aromatic carboxylic acids is 2. The fraction of sp³-hybridized carbons (Fsp3) is 0.0667. The fourth-order valence-electron chi connectivity index (χ4n) is 2.22.